The van der Waals surface area contributed by atoms with Gasteiger partial charge in [0.1, 0.15) is 28.3 Å². The van der Waals surface area contributed by atoms with Crippen LogP contribution in [0.25, 0.3) is 0 Å². The summed E-state index contributed by atoms with van der Waals surface area (Å²) in [5.41, 5.74) is 0. The lowest BCUT2D eigenvalue weighted by Gasteiger charge is -2.40. The van der Waals surface area contributed by atoms with Gasteiger partial charge in [-0.05, 0) is 56.0 Å². The Hall–Kier alpha value is -1.47. The number of hydrogen-bond donors (Lipinski definition) is 0. The van der Waals surface area contributed by atoms with E-state index < -0.39 is 7.26 Å². The number of hydrogen-bond acceptors (Lipinski definition) is 2. The Balaban J connectivity index is 2.42. The van der Waals surface area contributed by atoms with Gasteiger partial charge in [-0.2, -0.15) is 0 Å². The van der Waals surface area contributed by atoms with Crippen molar-refractivity contribution in [1.29, 1.82) is 0 Å². The smallest absolute Gasteiger partial charge is 0.115 e. The molecule has 0 heterocycles. The maximum absolute atomic E-state index is 6.03. The van der Waals surface area contributed by atoms with Gasteiger partial charge in [0.25, 0.3) is 0 Å². The minimum atomic E-state index is -2.00. The Morgan fingerprint density at radius 3 is 1.37 bits per heavy atom. The van der Waals surface area contributed by atoms with E-state index in [4.69, 9.17) is 12.2 Å². The van der Waals surface area contributed by atoms with Crippen LogP contribution in [-0.4, -0.2) is 15.1 Å². The molecule has 27 heavy (non-hydrogen) atoms. The highest BCUT2D eigenvalue weighted by Gasteiger charge is 2.59. The Morgan fingerprint density at radius 2 is 1.07 bits per heavy atom. The molecule has 0 spiro atoms. The highest BCUT2D eigenvalue weighted by molar-refractivity contribution is 8.24. The van der Waals surface area contributed by atoms with E-state index in [1.807, 2.05) is 11.8 Å². The van der Waals surface area contributed by atoms with Gasteiger partial charge >= 0.3 is 0 Å². The van der Waals surface area contributed by atoms with Crippen LogP contribution in [0.15, 0.2) is 91.0 Å². The molecule has 0 bridgehead atoms. The average molecular weight is 410 g/mol. The maximum atomic E-state index is 6.03. The summed E-state index contributed by atoms with van der Waals surface area (Å²) in [5.74, 6) is 1.00. The van der Waals surface area contributed by atoms with Gasteiger partial charge in [0.15, 0.2) is 0 Å². The molecule has 0 aliphatic heterocycles. The molecule has 0 atom stereocenters. The van der Waals surface area contributed by atoms with Crippen LogP contribution in [0, 0.1) is 0 Å². The van der Waals surface area contributed by atoms with E-state index in [-0.39, 0.29) is 5.16 Å². The van der Waals surface area contributed by atoms with Crippen molar-refractivity contribution in [2.75, 3.05) is 5.75 Å². The lowest BCUT2D eigenvalue weighted by Crippen LogP contribution is -2.47. The van der Waals surface area contributed by atoms with Crippen LogP contribution >= 0.6 is 31.2 Å². The maximum Gasteiger partial charge on any atom is 0.129 e. The fourth-order valence-corrected chi connectivity index (χ4v) is 10.8. The Bertz CT molecular complexity index is 777. The highest BCUT2D eigenvalue weighted by atomic mass is 32.2. The molecule has 0 saturated heterocycles. The molecule has 138 valence electrons. The Labute approximate surface area is 173 Å². The van der Waals surface area contributed by atoms with E-state index in [9.17, 15) is 0 Å². The summed E-state index contributed by atoms with van der Waals surface area (Å²) in [6.07, 6.45) is 0. The van der Waals surface area contributed by atoms with Crippen molar-refractivity contribution in [3.05, 3.63) is 91.0 Å². The highest BCUT2D eigenvalue weighted by Crippen LogP contribution is 2.67. The van der Waals surface area contributed by atoms with E-state index in [2.05, 4.69) is 112 Å². The summed E-state index contributed by atoms with van der Waals surface area (Å²) in [4.78, 5) is 0. The van der Waals surface area contributed by atoms with Gasteiger partial charge < -0.3 is 0 Å². The summed E-state index contributed by atoms with van der Waals surface area (Å²) in [6.45, 7) is 6.87. The third-order valence-corrected chi connectivity index (χ3v) is 12.4. The molecule has 0 unspecified atom stereocenters. The number of thioether (sulfide) groups is 1. The molecule has 3 heteroatoms. The van der Waals surface area contributed by atoms with Crippen LogP contribution in [0.4, 0.5) is 0 Å². The summed E-state index contributed by atoms with van der Waals surface area (Å²) in [6, 6.07) is 32.9. The first-order valence-corrected chi connectivity index (χ1v) is 12.5. The molecule has 0 fully saturated rings. The van der Waals surface area contributed by atoms with Crippen LogP contribution < -0.4 is 15.9 Å². The zero-order valence-electron chi connectivity index (χ0n) is 16.1. The lowest BCUT2D eigenvalue weighted by atomic mass is 10.2. The van der Waals surface area contributed by atoms with Gasteiger partial charge in [-0.1, -0.05) is 73.7 Å². The summed E-state index contributed by atoms with van der Waals surface area (Å²) < 4.78 is 1.09. The van der Waals surface area contributed by atoms with Crippen LogP contribution in [0.1, 0.15) is 20.8 Å². The molecule has 3 aromatic carbocycles. The minimum absolute atomic E-state index is 0.160. The summed E-state index contributed by atoms with van der Waals surface area (Å²) >= 11 is 7.84. The average Bonchev–Trinajstić information content (AvgIpc) is 2.71. The number of thiocarbonyl (C=S) groups is 1. The van der Waals surface area contributed by atoms with Gasteiger partial charge in [0.05, 0.1) is 4.20 Å². The van der Waals surface area contributed by atoms with E-state index in [0.717, 1.165) is 9.95 Å². The standard InChI is InChI=1S/C24H26PS2/c1-4-27-23(26)24(2,3)25(20-14-8-5-9-15-20,21-16-10-6-11-17-21)22-18-12-7-13-19-22/h5-19H,4H2,1-3H3/q+1. The van der Waals surface area contributed by atoms with Gasteiger partial charge in [-0.25, -0.2) is 0 Å². The molecule has 3 rings (SSSR count). The van der Waals surface area contributed by atoms with Crippen LogP contribution in [0.2, 0.25) is 0 Å². The predicted octanol–water partition coefficient (Wildman–Crippen LogP) is 5.84. The first-order chi connectivity index (χ1) is 13.0. The molecule has 0 nitrogen and oxygen atoms in total. The van der Waals surface area contributed by atoms with Crippen molar-refractivity contribution in [2.24, 2.45) is 0 Å². The van der Waals surface area contributed by atoms with Crippen LogP contribution in [0.3, 0.4) is 0 Å². The molecular weight excluding hydrogens is 383 g/mol. The normalized spacial score (nSPS) is 12.0. The van der Waals surface area contributed by atoms with Crippen molar-refractivity contribution < 1.29 is 0 Å². The van der Waals surface area contributed by atoms with Crippen molar-refractivity contribution in [1.82, 2.24) is 0 Å². The van der Waals surface area contributed by atoms with E-state index in [1.54, 1.807) is 0 Å². The zero-order chi connectivity index (χ0) is 19.3. The second-order valence-corrected chi connectivity index (χ2v) is 12.9. The SMILES string of the molecule is CCSC(=S)C(C)(C)[P+](c1ccccc1)(c1ccccc1)c1ccccc1. The molecule has 0 aromatic heterocycles. The van der Waals surface area contributed by atoms with E-state index >= 15 is 0 Å². The van der Waals surface area contributed by atoms with Gasteiger partial charge in [0, 0.05) is 0 Å². The molecule has 0 radical (unpaired) electrons. The van der Waals surface area contributed by atoms with Gasteiger partial charge in [0.2, 0.25) is 0 Å². The van der Waals surface area contributed by atoms with Crippen molar-refractivity contribution in [2.45, 2.75) is 25.9 Å². The first kappa shape index (κ1) is 20.3. The second-order valence-electron chi connectivity index (χ2n) is 6.96. The number of rotatable bonds is 6. The largest absolute Gasteiger partial charge is 0.129 e. The fourth-order valence-electron chi connectivity index (χ4n) is 3.81. The second kappa shape index (κ2) is 8.69. The molecule has 0 aliphatic carbocycles. The molecule has 0 N–H and O–H groups in total. The summed E-state index contributed by atoms with van der Waals surface area (Å²) in [7, 11) is -2.00. The monoisotopic (exact) mass is 409 g/mol. The summed E-state index contributed by atoms with van der Waals surface area (Å²) in [5, 5.41) is 3.98. The molecule has 0 amide bonds. The van der Waals surface area contributed by atoms with Crippen LogP contribution in [0.5, 0.6) is 0 Å². The lowest BCUT2D eigenvalue weighted by molar-refractivity contribution is 0.961. The molecular formula is C24H26PS2+. The Morgan fingerprint density at radius 1 is 0.741 bits per heavy atom. The molecule has 0 saturated carbocycles. The van der Waals surface area contributed by atoms with Gasteiger partial charge in [-0.15, -0.1) is 11.8 Å². The third kappa shape index (κ3) is 3.63. The number of benzene rings is 3. The van der Waals surface area contributed by atoms with Crippen LogP contribution in [-0.2, 0) is 0 Å². The first-order valence-electron chi connectivity index (χ1n) is 9.28. The predicted molar refractivity (Wildman–Crippen MR) is 130 cm³/mol. The quantitative estimate of drug-likeness (QED) is 0.371. The van der Waals surface area contributed by atoms with Crippen molar-refractivity contribution in [3.8, 4) is 0 Å². The topological polar surface area (TPSA) is 0 Å². The Kier molecular flexibility index (Phi) is 6.52. The zero-order valence-corrected chi connectivity index (χ0v) is 18.7. The van der Waals surface area contributed by atoms with Crippen molar-refractivity contribution in [3.63, 3.8) is 0 Å². The van der Waals surface area contributed by atoms with E-state index in [0.29, 0.717) is 0 Å². The minimum Gasteiger partial charge on any atom is -0.115 e. The van der Waals surface area contributed by atoms with Crippen molar-refractivity contribution >= 4 is 51.4 Å². The van der Waals surface area contributed by atoms with E-state index in [1.165, 1.54) is 15.9 Å². The third-order valence-electron chi connectivity index (χ3n) is 5.04. The fraction of sp³-hybridized carbons (Fsp3) is 0.208. The van der Waals surface area contributed by atoms with Gasteiger partial charge in [-0.3, -0.25) is 0 Å². The molecule has 0 aliphatic rings. The molecule has 3 aromatic rings.